The number of nitrogens with zero attached hydrogens (tertiary/aromatic N) is 4. The average Bonchev–Trinajstić information content (AvgIpc) is 2.61. The van der Waals surface area contributed by atoms with E-state index in [0.29, 0.717) is 29.0 Å². The van der Waals surface area contributed by atoms with E-state index in [9.17, 15) is 4.79 Å². The summed E-state index contributed by atoms with van der Waals surface area (Å²) >= 11 is 0. The SMILES string of the molecule is CON=CC(=O)Nc1c(Oc2cccc(C(C)C)c2)nc(C)nc1N(C)C. The first kappa shape index (κ1) is 20.2. The molecule has 0 bridgehead atoms. The first-order chi connectivity index (χ1) is 12.8. The van der Waals surface area contributed by atoms with Crippen LogP contribution in [0.2, 0.25) is 0 Å². The maximum Gasteiger partial charge on any atom is 0.270 e. The molecule has 0 aliphatic rings. The van der Waals surface area contributed by atoms with E-state index in [0.717, 1.165) is 11.8 Å². The van der Waals surface area contributed by atoms with Crippen molar-refractivity contribution >= 4 is 23.6 Å². The number of benzene rings is 1. The lowest BCUT2D eigenvalue weighted by Crippen LogP contribution is -2.20. The predicted octanol–water partition coefficient (Wildman–Crippen LogP) is 3.34. The largest absolute Gasteiger partial charge is 0.437 e. The van der Waals surface area contributed by atoms with E-state index in [1.165, 1.54) is 7.11 Å². The molecule has 0 atom stereocenters. The summed E-state index contributed by atoms with van der Waals surface area (Å²) < 4.78 is 6.01. The molecule has 8 nitrogen and oxygen atoms in total. The normalized spacial score (nSPS) is 10.9. The van der Waals surface area contributed by atoms with Crippen molar-refractivity contribution in [1.29, 1.82) is 0 Å². The number of anilines is 2. The van der Waals surface area contributed by atoms with Crippen LogP contribution in [-0.4, -0.2) is 43.3 Å². The molecule has 2 aromatic rings. The number of hydrogen-bond donors (Lipinski definition) is 1. The van der Waals surface area contributed by atoms with Gasteiger partial charge in [0.2, 0.25) is 5.88 Å². The molecular weight excluding hydrogens is 346 g/mol. The van der Waals surface area contributed by atoms with Gasteiger partial charge in [-0.3, -0.25) is 4.79 Å². The molecule has 0 unspecified atom stereocenters. The van der Waals surface area contributed by atoms with Crippen LogP contribution in [0, 0.1) is 6.92 Å². The number of rotatable bonds is 7. The van der Waals surface area contributed by atoms with E-state index in [2.05, 4.69) is 39.1 Å². The Hall–Kier alpha value is -3.16. The second-order valence-electron chi connectivity index (χ2n) is 6.40. The van der Waals surface area contributed by atoms with Crippen molar-refractivity contribution in [3.8, 4) is 11.6 Å². The van der Waals surface area contributed by atoms with Gasteiger partial charge in [0, 0.05) is 14.1 Å². The second-order valence-corrected chi connectivity index (χ2v) is 6.40. The van der Waals surface area contributed by atoms with Crippen molar-refractivity contribution in [2.75, 3.05) is 31.4 Å². The Labute approximate surface area is 159 Å². The van der Waals surface area contributed by atoms with Crippen molar-refractivity contribution < 1.29 is 14.4 Å². The number of aryl methyl sites for hydroxylation is 1. The van der Waals surface area contributed by atoms with Gasteiger partial charge in [-0.25, -0.2) is 4.98 Å². The molecule has 0 aliphatic carbocycles. The highest BCUT2D eigenvalue weighted by molar-refractivity contribution is 6.32. The smallest absolute Gasteiger partial charge is 0.270 e. The summed E-state index contributed by atoms with van der Waals surface area (Å²) in [6.45, 7) is 5.99. The van der Waals surface area contributed by atoms with Crippen LogP contribution in [0.3, 0.4) is 0 Å². The quantitative estimate of drug-likeness (QED) is 0.593. The molecule has 8 heteroatoms. The second kappa shape index (κ2) is 8.98. The first-order valence-electron chi connectivity index (χ1n) is 8.53. The Balaban J connectivity index is 2.46. The molecule has 2 rings (SSSR count). The van der Waals surface area contributed by atoms with Crippen molar-refractivity contribution in [1.82, 2.24) is 9.97 Å². The lowest BCUT2D eigenvalue weighted by molar-refractivity contribution is -0.110. The molecule has 1 aromatic carbocycles. The third-order valence-electron chi connectivity index (χ3n) is 3.65. The van der Waals surface area contributed by atoms with Crippen LogP contribution in [0.15, 0.2) is 29.4 Å². The van der Waals surface area contributed by atoms with Crippen LogP contribution >= 0.6 is 0 Å². The van der Waals surface area contributed by atoms with Gasteiger partial charge < -0.3 is 19.8 Å². The van der Waals surface area contributed by atoms with Gasteiger partial charge in [-0.05, 0) is 30.5 Å². The third kappa shape index (κ3) is 5.40. The zero-order chi connectivity index (χ0) is 20.0. The van der Waals surface area contributed by atoms with E-state index in [-0.39, 0.29) is 5.88 Å². The topological polar surface area (TPSA) is 88.9 Å². The molecule has 27 heavy (non-hydrogen) atoms. The zero-order valence-electron chi connectivity index (χ0n) is 16.5. The van der Waals surface area contributed by atoms with Gasteiger partial charge in [0.1, 0.15) is 30.6 Å². The summed E-state index contributed by atoms with van der Waals surface area (Å²) in [5, 5.41) is 6.19. The molecular formula is C19H25N5O3. The number of oxime groups is 1. The van der Waals surface area contributed by atoms with Crippen LogP contribution in [-0.2, 0) is 9.63 Å². The van der Waals surface area contributed by atoms with Crippen LogP contribution < -0.4 is 15.0 Å². The molecule has 0 saturated heterocycles. The standard InChI is InChI=1S/C19H25N5O3/c1-12(2)14-8-7-9-15(10-14)27-19-17(23-16(25)11-20-26-6)18(24(4)5)21-13(3)22-19/h7-12H,1-6H3,(H,23,25). The van der Waals surface area contributed by atoms with E-state index in [4.69, 9.17) is 4.74 Å². The molecule has 1 aromatic heterocycles. The first-order valence-corrected chi connectivity index (χ1v) is 8.53. The maximum absolute atomic E-state index is 12.1. The van der Waals surface area contributed by atoms with E-state index < -0.39 is 5.91 Å². The molecule has 1 N–H and O–H groups in total. The number of carbonyl (C=O) groups is 1. The Bertz CT molecular complexity index is 834. The van der Waals surface area contributed by atoms with Gasteiger partial charge >= 0.3 is 0 Å². The zero-order valence-corrected chi connectivity index (χ0v) is 16.5. The van der Waals surface area contributed by atoms with Crippen molar-refractivity contribution in [3.05, 3.63) is 35.7 Å². The van der Waals surface area contributed by atoms with Crippen molar-refractivity contribution in [2.24, 2.45) is 5.16 Å². The summed E-state index contributed by atoms with van der Waals surface area (Å²) in [4.78, 5) is 27.2. The van der Waals surface area contributed by atoms with Crippen molar-refractivity contribution in [2.45, 2.75) is 26.7 Å². The van der Waals surface area contributed by atoms with Gasteiger partial charge in [0.05, 0.1) is 0 Å². The Kier molecular flexibility index (Phi) is 6.70. The number of hydrogen-bond acceptors (Lipinski definition) is 7. The molecule has 144 valence electrons. The van der Waals surface area contributed by atoms with Crippen LogP contribution in [0.1, 0.15) is 31.2 Å². The monoisotopic (exact) mass is 371 g/mol. The highest BCUT2D eigenvalue weighted by Crippen LogP contribution is 2.35. The Morgan fingerprint density at radius 1 is 1.30 bits per heavy atom. The van der Waals surface area contributed by atoms with Gasteiger partial charge in [0.15, 0.2) is 5.82 Å². The average molecular weight is 371 g/mol. The maximum atomic E-state index is 12.1. The van der Waals surface area contributed by atoms with Crippen LogP contribution in [0.4, 0.5) is 11.5 Å². The fourth-order valence-corrected chi connectivity index (χ4v) is 2.34. The summed E-state index contributed by atoms with van der Waals surface area (Å²) in [6, 6.07) is 7.76. The minimum absolute atomic E-state index is 0.256. The Morgan fingerprint density at radius 3 is 2.67 bits per heavy atom. The molecule has 0 fully saturated rings. The van der Waals surface area contributed by atoms with Gasteiger partial charge in [-0.1, -0.05) is 31.1 Å². The molecule has 1 amide bonds. The lowest BCUT2D eigenvalue weighted by Gasteiger charge is -2.19. The minimum atomic E-state index is -0.479. The molecule has 0 aliphatic heterocycles. The van der Waals surface area contributed by atoms with Gasteiger partial charge in [-0.15, -0.1) is 0 Å². The van der Waals surface area contributed by atoms with Gasteiger partial charge in [-0.2, -0.15) is 4.98 Å². The third-order valence-corrected chi connectivity index (χ3v) is 3.65. The number of ether oxygens (including phenoxy) is 1. The van der Waals surface area contributed by atoms with Crippen LogP contribution in [0.25, 0.3) is 0 Å². The van der Waals surface area contributed by atoms with Crippen LogP contribution in [0.5, 0.6) is 11.6 Å². The fourth-order valence-electron chi connectivity index (χ4n) is 2.34. The number of aromatic nitrogens is 2. The molecule has 0 saturated carbocycles. The van der Waals surface area contributed by atoms with E-state index in [1.807, 2.05) is 38.4 Å². The summed E-state index contributed by atoms with van der Waals surface area (Å²) in [6.07, 6.45) is 1.03. The highest BCUT2D eigenvalue weighted by atomic mass is 16.6. The van der Waals surface area contributed by atoms with E-state index in [1.54, 1.807) is 11.8 Å². The van der Waals surface area contributed by atoms with E-state index >= 15 is 0 Å². The minimum Gasteiger partial charge on any atom is -0.437 e. The fraction of sp³-hybridized carbons (Fsp3) is 0.368. The number of amides is 1. The molecule has 0 radical (unpaired) electrons. The predicted molar refractivity (Wildman–Crippen MR) is 106 cm³/mol. The lowest BCUT2D eigenvalue weighted by atomic mass is 10.0. The highest BCUT2D eigenvalue weighted by Gasteiger charge is 2.19. The Morgan fingerprint density at radius 2 is 2.04 bits per heavy atom. The van der Waals surface area contributed by atoms with Crippen molar-refractivity contribution in [3.63, 3.8) is 0 Å². The summed E-state index contributed by atoms with van der Waals surface area (Å²) in [7, 11) is 5.01. The summed E-state index contributed by atoms with van der Waals surface area (Å²) in [5.74, 6) is 1.82. The molecule has 1 heterocycles. The summed E-state index contributed by atoms with van der Waals surface area (Å²) in [5.41, 5.74) is 1.50. The number of nitrogens with one attached hydrogen (secondary N) is 1. The molecule has 0 spiro atoms. The van der Waals surface area contributed by atoms with Gasteiger partial charge in [0.25, 0.3) is 5.91 Å². The number of carbonyl (C=O) groups excluding carboxylic acids is 1.